The van der Waals surface area contributed by atoms with Crippen molar-refractivity contribution in [2.45, 2.75) is 19.9 Å². The summed E-state index contributed by atoms with van der Waals surface area (Å²) in [4.78, 5) is 10.9. The van der Waals surface area contributed by atoms with Gasteiger partial charge >= 0.3 is 5.97 Å². The van der Waals surface area contributed by atoms with E-state index in [1.54, 1.807) is 0 Å². The maximum Gasteiger partial charge on any atom is 0.337 e. The first-order valence-electron chi connectivity index (χ1n) is 5.36. The van der Waals surface area contributed by atoms with E-state index in [1.807, 2.05) is 13.8 Å². The number of halogens is 1. The Labute approximate surface area is 99.1 Å². The van der Waals surface area contributed by atoms with Gasteiger partial charge in [0.1, 0.15) is 5.82 Å². The van der Waals surface area contributed by atoms with Crippen molar-refractivity contribution in [1.82, 2.24) is 0 Å². The summed E-state index contributed by atoms with van der Waals surface area (Å²) in [5, 5.41) is 21.0. The summed E-state index contributed by atoms with van der Waals surface area (Å²) in [6, 6.07) is 3.24. The summed E-state index contributed by atoms with van der Waals surface area (Å²) in [6.07, 6.45) is 0. The molecular weight excluding hydrogens is 225 g/mol. The van der Waals surface area contributed by atoms with Crippen molar-refractivity contribution in [3.05, 3.63) is 29.6 Å². The van der Waals surface area contributed by atoms with E-state index in [0.29, 0.717) is 5.69 Å². The molecule has 0 spiro atoms. The third kappa shape index (κ3) is 3.42. The normalized spacial score (nSPS) is 12.5. The minimum absolute atomic E-state index is 0.117. The number of rotatable bonds is 5. The van der Waals surface area contributed by atoms with Crippen LogP contribution in [0.2, 0.25) is 0 Å². The summed E-state index contributed by atoms with van der Waals surface area (Å²) < 4.78 is 12.9. The molecule has 0 aliphatic carbocycles. The Morgan fingerprint density at radius 1 is 1.47 bits per heavy atom. The van der Waals surface area contributed by atoms with E-state index in [0.717, 1.165) is 6.07 Å². The van der Waals surface area contributed by atoms with E-state index in [1.165, 1.54) is 12.1 Å². The molecular formula is C12H16FNO3. The summed E-state index contributed by atoms with van der Waals surface area (Å²) in [5.74, 6) is -1.67. The Bertz CT molecular complexity index is 407. The molecule has 0 saturated carbocycles. The summed E-state index contributed by atoms with van der Waals surface area (Å²) in [7, 11) is 0. The highest BCUT2D eigenvalue weighted by Crippen LogP contribution is 2.19. The van der Waals surface area contributed by atoms with Gasteiger partial charge in [0.2, 0.25) is 0 Å². The third-order valence-corrected chi connectivity index (χ3v) is 2.55. The molecule has 0 heterocycles. The monoisotopic (exact) mass is 241 g/mol. The second-order valence-electron chi connectivity index (χ2n) is 4.17. The molecule has 3 N–H and O–H groups in total. The molecule has 0 amide bonds. The lowest BCUT2D eigenvalue weighted by Crippen LogP contribution is -2.30. The lowest BCUT2D eigenvalue weighted by Gasteiger charge is -2.22. The molecule has 0 saturated heterocycles. The quantitative estimate of drug-likeness (QED) is 0.737. The Kier molecular flexibility index (Phi) is 4.45. The number of aliphatic hydroxyl groups excluding tert-OH is 1. The average Bonchev–Trinajstić information content (AvgIpc) is 2.26. The van der Waals surface area contributed by atoms with Crippen molar-refractivity contribution in [3.8, 4) is 0 Å². The van der Waals surface area contributed by atoms with Crippen LogP contribution in [0.15, 0.2) is 18.2 Å². The lowest BCUT2D eigenvalue weighted by atomic mass is 10.0. The molecule has 0 radical (unpaired) electrons. The first kappa shape index (κ1) is 13.4. The Balaban J connectivity index is 3.01. The van der Waals surface area contributed by atoms with Crippen LogP contribution < -0.4 is 5.32 Å². The molecule has 0 fully saturated rings. The van der Waals surface area contributed by atoms with Crippen LogP contribution in [-0.2, 0) is 0 Å². The third-order valence-electron chi connectivity index (χ3n) is 2.55. The van der Waals surface area contributed by atoms with E-state index in [2.05, 4.69) is 5.32 Å². The maximum atomic E-state index is 12.9. The van der Waals surface area contributed by atoms with Crippen LogP contribution in [0.4, 0.5) is 10.1 Å². The Morgan fingerprint density at radius 2 is 2.12 bits per heavy atom. The van der Waals surface area contributed by atoms with Gasteiger partial charge in [0.05, 0.1) is 18.2 Å². The first-order valence-corrected chi connectivity index (χ1v) is 5.36. The van der Waals surface area contributed by atoms with Gasteiger partial charge in [0.25, 0.3) is 0 Å². The predicted molar refractivity (Wildman–Crippen MR) is 62.7 cm³/mol. The number of carboxylic acid groups (broad SMARTS) is 1. The van der Waals surface area contributed by atoms with Gasteiger partial charge < -0.3 is 15.5 Å². The van der Waals surface area contributed by atoms with Gasteiger partial charge in [-0.15, -0.1) is 0 Å². The number of benzene rings is 1. The minimum Gasteiger partial charge on any atom is -0.478 e. The average molecular weight is 241 g/mol. The molecule has 5 heteroatoms. The zero-order chi connectivity index (χ0) is 13.0. The maximum absolute atomic E-state index is 12.9. The molecule has 0 aromatic heterocycles. The van der Waals surface area contributed by atoms with Crippen LogP contribution in [0.25, 0.3) is 0 Å². The Hall–Kier alpha value is -1.62. The number of hydrogen-bond donors (Lipinski definition) is 3. The molecule has 1 aromatic carbocycles. The summed E-state index contributed by atoms with van der Waals surface area (Å²) in [5.41, 5.74) is 0.177. The lowest BCUT2D eigenvalue weighted by molar-refractivity contribution is 0.0697. The molecule has 1 unspecified atom stereocenters. The number of carbonyl (C=O) groups is 1. The molecule has 1 rings (SSSR count). The van der Waals surface area contributed by atoms with Gasteiger partial charge in [-0.05, 0) is 24.1 Å². The highest BCUT2D eigenvalue weighted by molar-refractivity contribution is 5.94. The van der Waals surface area contributed by atoms with Crippen molar-refractivity contribution in [3.63, 3.8) is 0 Å². The van der Waals surface area contributed by atoms with Gasteiger partial charge in [-0.3, -0.25) is 0 Å². The van der Waals surface area contributed by atoms with Crippen LogP contribution in [0.3, 0.4) is 0 Å². The summed E-state index contributed by atoms with van der Waals surface area (Å²) >= 11 is 0. The molecule has 0 aliphatic heterocycles. The first-order chi connectivity index (χ1) is 7.95. The van der Waals surface area contributed by atoms with Crippen molar-refractivity contribution < 1.29 is 19.4 Å². The zero-order valence-electron chi connectivity index (χ0n) is 9.77. The Morgan fingerprint density at radius 3 is 2.59 bits per heavy atom. The van der Waals surface area contributed by atoms with Crippen molar-refractivity contribution in [2.75, 3.05) is 11.9 Å². The van der Waals surface area contributed by atoms with E-state index in [-0.39, 0.29) is 24.1 Å². The fourth-order valence-electron chi connectivity index (χ4n) is 1.44. The van der Waals surface area contributed by atoms with Crippen molar-refractivity contribution >= 4 is 11.7 Å². The van der Waals surface area contributed by atoms with Gasteiger partial charge in [-0.1, -0.05) is 13.8 Å². The van der Waals surface area contributed by atoms with Gasteiger partial charge in [0, 0.05) is 5.69 Å². The number of carboxylic acids is 1. The number of nitrogens with one attached hydrogen (secondary N) is 1. The van der Waals surface area contributed by atoms with Crippen LogP contribution in [-0.4, -0.2) is 28.8 Å². The largest absolute Gasteiger partial charge is 0.478 e. The SMILES string of the molecule is CC(C)C(CO)Nc1ccc(F)cc1C(=O)O. The molecule has 4 nitrogen and oxygen atoms in total. The molecule has 0 bridgehead atoms. The van der Waals surface area contributed by atoms with Gasteiger partial charge in [-0.25, -0.2) is 9.18 Å². The standard InChI is InChI=1S/C12H16FNO3/c1-7(2)11(6-15)14-10-4-3-8(13)5-9(10)12(16)17/h3-5,7,11,14-15H,6H2,1-2H3,(H,16,17). The summed E-state index contributed by atoms with van der Waals surface area (Å²) in [6.45, 7) is 3.68. The minimum atomic E-state index is -1.20. The van der Waals surface area contributed by atoms with E-state index >= 15 is 0 Å². The highest BCUT2D eigenvalue weighted by Gasteiger charge is 2.16. The van der Waals surface area contributed by atoms with Crippen LogP contribution in [0.1, 0.15) is 24.2 Å². The number of anilines is 1. The van der Waals surface area contributed by atoms with Crippen molar-refractivity contribution in [1.29, 1.82) is 0 Å². The van der Waals surface area contributed by atoms with Crippen LogP contribution >= 0.6 is 0 Å². The van der Waals surface area contributed by atoms with Crippen molar-refractivity contribution in [2.24, 2.45) is 5.92 Å². The predicted octanol–water partition coefficient (Wildman–Crippen LogP) is 1.95. The second kappa shape index (κ2) is 5.63. The fourth-order valence-corrected chi connectivity index (χ4v) is 1.44. The molecule has 0 aliphatic rings. The molecule has 17 heavy (non-hydrogen) atoms. The molecule has 94 valence electrons. The van der Waals surface area contributed by atoms with E-state index in [4.69, 9.17) is 10.2 Å². The number of aromatic carboxylic acids is 1. The zero-order valence-corrected chi connectivity index (χ0v) is 9.77. The second-order valence-corrected chi connectivity index (χ2v) is 4.17. The fraction of sp³-hybridized carbons (Fsp3) is 0.417. The molecule has 1 aromatic rings. The van der Waals surface area contributed by atoms with E-state index in [9.17, 15) is 9.18 Å². The molecule has 1 atom stereocenters. The van der Waals surface area contributed by atoms with Crippen LogP contribution in [0.5, 0.6) is 0 Å². The van der Waals surface area contributed by atoms with Gasteiger partial charge in [-0.2, -0.15) is 0 Å². The number of aliphatic hydroxyl groups is 1. The van der Waals surface area contributed by atoms with E-state index < -0.39 is 11.8 Å². The number of hydrogen-bond acceptors (Lipinski definition) is 3. The topological polar surface area (TPSA) is 69.6 Å². The van der Waals surface area contributed by atoms with Crippen LogP contribution in [0, 0.1) is 11.7 Å². The highest BCUT2D eigenvalue weighted by atomic mass is 19.1. The van der Waals surface area contributed by atoms with Gasteiger partial charge in [0.15, 0.2) is 0 Å². The smallest absolute Gasteiger partial charge is 0.337 e.